The molecule has 41 heavy (non-hydrogen) atoms. The molecule has 4 heterocycles. The molecular formula is C33H48N6O2. The molecule has 0 radical (unpaired) electrons. The Hall–Kier alpha value is -3.36. The van der Waals surface area contributed by atoms with Gasteiger partial charge < -0.3 is 25.4 Å². The summed E-state index contributed by atoms with van der Waals surface area (Å²) in [5.41, 5.74) is 5.75. The van der Waals surface area contributed by atoms with Gasteiger partial charge >= 0.3 is 0 Å². The topological polar surface area (TPSA) is 83.6 Å². The third kappa shape index (κ3) is 10.5. The summed E-state index contributed by atoms with van der Waals surface area (Å²) in [6, 6.07) is 15.7. The molecule has 0 saturated carbocycles. The van der Waals surface area contributed by atoms with Crippen molar-refractivity contribution in [3.05, 3.63) is 71.8 Å². The molecule has 0 amide bonds. The van der Waals surface area contributed by atoms with Crippen LogP contribution < -0.4 is 25.4 Å². The number of rotatable bonds is 10. The maximum atomic E-state index is 5.70. The fourth-order valence-corrected chi connectivity index (χ4v) is 5.42. The van der Waals surface area contributed by atoms with Crippen molar-refractivity contribution in [3.8, 4) is 11.5 Å². The number of aryl methyl sites for hydroxylation is 2. The van der Waals surface area contributed by atoms with Crippen LogP contribution in [0, 0.1) is 13.8 Å². The van der Waals surface area contributed by atoms with Gasteiger partial charge in [0.15, 0.2) is 0 Å². The lowest BCUT2D eigenvalue weighted by Crippen LogP contribution is -2.38. The Bertz CT molecular complexity index is 1170. The van der Waals surface area contributed by atoms with Gasteiger partial charge in [-0.1, -0.05) is 0 Å². The van der Waals surface area contributed by atoms with Crippen molar-refractivity contribution in [1.82, 2.24) is 20.2 Å². The highest BCUT2D eigenvalue weighted by Gasteiger charge is 2.20. The number of hydrogen-bond acceptors (Lipinski definition) is 8. The van der Waals surface area contributed by atoms with Crippen molar-refractivity contribution in [3.63, 3.8) is 0 Å². The second kappa shape index (κ2) is 16.2. The summed E-state index contributed by atoms with van der Waals surface area (Å²) in [7, 11) is 0. The van der Waals surface area contributed by atoms with Crippen LogP contribution >= 0.6 is 0 Å². The molecule has 2 aromatic heterocycles. The second-order valence-electron chi connectivity index (χ2n) is 10.9. The number of anilines is 2. The van der Waals surface area contributed by atoms with E-state index in [0.717, 1.165) is 68.5 Å². The number of nitrogens with zero attached hydrogens (tertiary/aromatic N) is 3. The molecular weight excluding hydrogens is 512 g/mol. The number of pyridine rings is 2. The maximum Gasteiger partial charge on any atom is 0.123 e. The number of piperidine rings is 2. The molecule has 3 aromatic rings. The van der Waals surface area contributed by atoms with E-state index >= 15 is 0 Å². The zero-order valence-corrected chi connectivity index (χ0v) is 25.3. The van der Waals surface area contributed by atoms with Crippen LogP contribution in [0.4, 0.5) is 11.4 Å². The zero-order chi connectivity index (χ0) is 28.9. The normalized spacial score (nSPS) is 16.4. The van der Waals surface area contributed by atoms with Crippen molar-refractivity contribution in [2.75, 3.05) is 50.0 Å². The van der Waals surface area contributed by atoms with Crippen LogP contribution in [0.3, 0.4) is 0 Å². The molecule has 3 N–H and O–H groups in total. The van der Waals surface area contributed by atoms with E-state index in [1.165, 1.54) is 29.8 Å². The van der Waals surface area contributed by atoms with Crippen LogP contribution in [0.1, 0.15) is 56.5 Å². The quantitative estimate of drug-likeness (QED) is 0.286. The number of aromatic nitrogens is 2. The summed E-state index contributed by atoms with van der Waals surface area (Å²) in [5, 5.41) is 10.6. The Labute approximate surface area is 246 Å². The molecule has 0 spiro atoms. The minimum Gasteiger partial charge on any atom is -0.494 e. The van der Waals surface area contributed by atoms with Crippen LogP contribution in [-0.4, -0.2) is 66.3 Å². The smallest absolute Gasteiger partial charge is 0.123 e. The average Bonchev–Trinajstić information content (AvgIpc) is 2.95. The van der Waals surface area contributed by atoms with Gasteiger partial charge in [0, 0.05) is 72.9 Å². The molecule has 5 rings (SSSR count). The number of nitrogens with one attached hydrogen (secondary N) is 3. The van der Waals surface area contributed by atoms with Gasteiger partial charge in [-0.3, -0.25) is 14.9 Å². The molecule has 8 heteroatoms. The van der Waals surface area contributed by atoms with Gasteiger partial charge in [-0.05, 0) is 108 Å². The molecule has 0 atom stereocenters. The van der Waals surface area contributed by atoms with Crippen LogP contribution in [0.15, 0.2) is 54.9 Å². The van der Waals surface area contributed by atoms with E-state index in [-0.39, 0.29) is 0 Å². The van der Waals surface area contributed by atoms with Gasteiger partial charge in [-0.25, -0.2) is 0 Å². The van der Waals surface area contributed by atoms with E-state index in [4.69, 9.17) is 9.47 Å². The molecule has 2 aliphatic heterocycles. The van der Waals surface area contributed by atoms with Crippen LogP contribution in [-0.2, 0) is 6.54 Å². The lowest BCUT2D eigenvalue weighted by atomic mass is 10.0. The van der Waals surface area contributed by atoms with Gasteiger partial charge in [-0.15, -0.1) is 0 Å². The largest absolute Gasteiger partial charge is 0.494 e. The van der Waals surface area contributed by atoms with Gasteiger partial charge in [0.2, 0.25) is 0 Å². The summed E-state index contributed by atoms with van der Waals surface area (Å²) in [6.07, 6.45) is 8.44. The monoisotopic (exact) mass is 560 g/mol. The van der Waals surface area contributed by atoms with Crippen LogP contribution in [0.5, 0.6) is 11.5 Å². The minimum atomic E-state index is 0.525. The second-order valence-corrected chi connectivity index (χ2v) is 10.9. The number of ether oxygens (including phenoxy) is 2. The van der Waals surface area contributed by atoms with Gasteiger partial charge in [0.1, 0.15) is 11.5 Å². The summed E-state index contributed by atoms with van der Waals surface area (Å²) < 4.78 is 11.4. The maximum absolute atomic E-state index is 5.70. The van der Waals surface area contributed by atoms with E-state index in [9.17, 15) is 0 Å². The van der Waals surface area contributed by atoms with E-state index in [1.54, 1.807) is 0 Å². The molecule has 2 aliphatic rings. The third-order valence-corrected chi connectivity index (χ3v) is 7.43. The summed E-state index contributed by atoms with van der Waals surface area (Å²) in [4.78, 5) is 11.0. The van der Waals surface area contributed by atoms with E-state index in [2.05, 4.69) is 55.1 Å². The highest BCUT2D eigenvalue weighted by atomic mass is 16.5. The first-order valence-electron chi connectivity index (χ1n) is 15.2. The van der Waals surface area contributed by atoms with Crippen molar-refractivity contribution in [1.29, 1.82) is 0 Å². The minimum absolute atomic E-state index is 0.525. The fraction of sp³-hybridized carbons (Fsp3) is 0.515. The standard InChI is InChI=1S/C22H31N3O2.C11H17N3/c1-4-26-21-13-18(14-22(15-21)27-5-2)16-25-10-7-19(8-11-25)24-20-6-9-23-17(3)12-20;1-9-8-11(4-7-13-9)14-10-2-5-12-6-3-10/h6,9,12-15,19H,4-5,7-8,10-11,16H2,1-3H3,(H,23,24);4,7-8,10,12H,2-3,5-6H2,1H3,(H,13,14). The molecule has 1 aromatic carbocycles. The summed E-state index contributed by atoms with van der Waals surface area (Å²) >= 11 is 0. The first-order chi connectivity index (χ1) is 20.0. The highest BCUT2D eigenvalue weighted by Crippen LogP contribution is 2.25. The van der Waals surface area contributed by atoms with Gasteiger partial charge in [-0.2, -0.15) is 0 Å². The Balaban J connectivity index is 0.000000231. The Morgan fingerprint density at radius 1 is 0.756 bits per heavy atom. The Morgan fingerprint density at radius 2 is 1.27 bits per heavy atom. The average molecular weight is 561 g/mol. The third-order valence-electron chi connectivity index (χ3n) is 7.43. The zero-order valence-electron chi connectivity index (χ0n) is 25.3. The van der Waals surface area contributed by atoms with Crippen LogP contribution in [0.25, 0.3) is 0 Å². The first-order valence-corrected chi connectivity index (χ1v) is 15.2. The van der Waals surface area contributed by atoms with Gasteiger partial charge in [0.05, 0.1) is 13.2 Å². The molecule has 0 aliphatic carbocycles. The summed E-state index contributed by atoms with van der Waals surface area (Å²) in [5.74, 6) is 1.78. The molecule has 2 fully saturated rings. The fourth-order valence-electron chi connectivity index (χ4n) is 5.42. The van der Waals surface area contributed by atoms with Crippen molar-refractivity contribution >= 4 is 11.4 Å². The SMILES string of the molecule is CCOc1cc(CN2CCC(Nc3ccnc(C)c3)CC2)cc(OCC)c1.Cc1cc(NC2CCNCC2)ccn1. The lowest BCUT2D eigenvalue weighted by molar-refractivity contribution is 0.210. The predicted molar refractivity (Wildman–Crippen MR) is 168 cm³/mol. The van der Waals surface area contributed by atoms with E-state index in [1.807, 2.05) is 58.3 Å². The molecule has 0 bridgehead atoms. The molecule has 222 valence electrons. The Kier molecular flexibility index (Phi) is 12.1. The lowest BCUT2D eigenvalue weighted by Gasteiger charge is -2.33. The number of likely N-dealkylation sites (tertiary alicyclic amines) is 1. The van der Waals surface area contributed by atoms with Crippen molar-refractivity contribution in [2.45, 2.75) is 72.0 Å². The number of benzene rings is 1. The van der Waals surface area contributed by atoms with Crippen molar-refractivity contribution in [2.24, 2.45) is 0 Å². The van der Waals surface area contributed by atoms with Crippen LogP contribution in [0.2, 0.25) is 0 Å². The van der Waals surface area contributed by atoms with Gasteiger partial charge in [0.25, 0.3) is 0 Å². The Morgan fingerprint density at radius 3 is 1.76 bits per heavy atom. The molecule has 0 unspecified atom stereocenters. The summed E-state index contributed by atoms with van der Waals surface area (Å²) in [6.45, 7) is 14.8. The van der Waals surface area contributed by atoms with E-state index in [0.29, 0.717) is 25.3 Å². The van der Waals surface area contributed by atoms with E-state index < -0.39 is 0 Å². The molecule has 2 saturated heterocycles. The molecule has 8 nitrogen and oxygen atoms in total. The highest BCUT2D eigenvalue weighted by molar-refractivity contribution is 5.45. The number of hydrogen-bond donors (Lipinski definition) is 3. The first kappa shape index (κ1) is 30.6. The van der Waals surface area contributed by atoms with Crippen molar-refractivity contribution < 1.29 is 9.47 Å². The predicted octanol–water partition coefficient (Wildman–Crippen LogP) is 5.82.